The van der Waals surface area contributed by atoms with Gasteiger partial charge in [-0.15, -0.1) is 11.8 Å². The number of benzene rings is 1. The maximum absolute atomic E-state index is 14.8. The number of piperidine rings is 1. The molecule has 45 heavy (non-hydrogen) atoms. The lowest BCUT2D eigenvalue weighted by Crippen LogP contribution is -2.44. The minimum absolute atomic E-state index is 0.0117. The van der Waals surface area contributed by atoms with Crippen molar-refractivity contribution in [3.05, 3.63) is 58.3 Å². The number of hydrogen-bond acceptors (Lipinski definition) is 8. The summed E-state index contributed by atoms with van der Waals surface area (Å²) in [5.41, 5.74) is 2.58. The summed E-state index contributed by atoms with van der Waals surface area (Å²) in [6, 6.07) is 4.38. The number of carbonyl (C=O) groups is 2. The number of amides is 3. The van der Waals surface area contributed by atoms with Crippen LogP contribution in [0, 0.1) is 11.7 Å². The van der Waals surface area contributed by atoms with Crippen molar-refractivity contribution in [2.24, 2.45) is 15.9 Å². The molecule has 3 N–H and O–H groups in total. The van der Waals surface area contributed by atoms with E-state index in [1.807, 2.05) is 12.3 Å². The predicted molar refractivity (Wildman–Crippen MR) is 176 cm³/mol. The number of thioether (sulfide) groups is 1. The van der Waals surface area contributed by atoms with Crippen LogP contribution in [0.1, 0.15) is 32.1 Å². The minimum atomic E-state index is -0.529. The average Bonchev–Trinajstić information content (AvgIpc) is 3.74. The van der Waals surface area contributed by atoms with Gasteiger partial charge in [-0.25, -0.2) is 9.18 Å². The molecule has 2 fully saturated rings. The highest BCUT2D eigenvalue weighted by Crippen LogP contribution is 2.43. The van der Waals surface area contributed by atoms with Gasteiger partial charge in [-0.05, 0) is 74.1 Å². The molecule has 4 atom stereocenters. The monoisotopic (exact) mass is 636 g/mol. The van der Waals surface area contributed by atoms with E-state index in [1.165, 1.54) is 16.5 Å². The number of aliphatic hydroxyl groups excluding tert-OH is 1. The molecule has 0 radical (unpaired) electrons. The third-order valence-electron chi connectivity index (χ3n) is 8.74. The summed E-state index contributed by atoms with van der Waals surface area (Å²) in [5, 5.41) is 14.7. The van der Waals surface area contributed by atoms with E-state index in [2.05, 4.69) is 32.7 Å². The van der Waals surface area contributed by atoms with Crippen LogP contribution in [-0.2, 0) is 4.79 Å². The zero-order valence-corrected chi connectivity index (χ0v) is 26.3. The van der Waals surface area contributed by atoms with Crippen LogP contribution in [0.2, 0.25) is 0 Å². The van der Waals surface area contributed by atoms with Gasteiger partial charge < -0.3 is 25.4 Å². The molecule has 240 valence electrons. The summed E-state index contributed by atoms with van der Waals surface area (Å²) in [4.78, 5) is 39.4. The second kappa shape index (κ2) is 14.3. The maximum Gasteiger partial charge on any atom is 0.319 e. The van der Waals surface area contributed by atoms with Crippen LogP contribution in [0.15, 0.2) is 62.5 Å². The van der Waals surface area contributed by atoms with Gasteiger partial charge in [0.05, 0.1) is 29.9 Å². The van der Waals surface area contributed by atoms with E-state index in [0.29, 0.717) is 12.2 Å². The Morgan fingerprint density at radius 1 is 1.24 bits per heavy atom. The quantitative estimate of drug-likeness (QED) is 0.340. The number of aliphatic imine (C=N–C) groups is 2. The van der Waals surface area contributed by atoms with E-state index >= 15 is 0 Å². The lowest BCUT2D eigenvalue weighted by Gasteiger charge is -2.34. The van der Waals surface area contributed by atoms with Crippen molar-refractivity contribution in [1.82, 2.24) is 15.1 Å². The Hall–Kier alpha value is -3.48. The van der Waals surface area contributed by atoms with E-state index in [0.717, 1.165) is 57.3 Å². The summed E-state index contributed by atoms with van der Waals surface area (Å²) < 4.78 is 20.7. The average molecular weight is 637 g/mol. The minimum Gasteiger partial charge on any atom is -0.486 e. The standard InChI is InChI=1S/C33H41FN6O4S/c1-39(13-14-41)32(42)22-3-2-12-40(19-22)18-21-4-8-27(36-17-21)30-16-28-31(45-30)23(10-11-35-28)20-44-29-9-7-25(15-26(29)34)38-33(43)37-24-5-6-24/h4,7,9-11,15-17,22,24,27-28,31,41H,2-3,5-6,8,12-14,18-20H2,1H3,(H2,37,38,43). The molecule has 0 spiro atoms. The number of hydrogen-bond donors (Lipinski definition) is 3. The molecule has 1 aliphatic carbocycles. The number of dihydropyridines is 2. The van der Waals surface area contributed by atoms with Gasteiger partial charge in [-0.3, -0.25) is 19.7 Å². The number of aliphatic hydroxyl groups is 1. The molecule has 1 saturated heterocycles. The smallest absolute Gasteiger partial charge is 0.319 e. The van der Waals surface area contributed by atoms with Crippen LogP contribution < -0.4 is 15.4 Å². The van der Waals surface area contributed by atoms with Crippen molar-refractivity contribution < 1.29 is 23.8 Å². The molecule has 0 aromatic heterocycles. The van der Waals surface area contributed by atoms with Crippen LogP contribution in [-0.4, -0.2) is 109 Å². The Balaban J connectivity index is 0.978. The maximum atomic E-state index is 14.8. The fourth-order valence-electron chi connectivity index (χ4n) is 6.11. The van der Waals surface area contributed by atoms with E-state index in [-0.39, 0.29) is 60.2 Å². The van der Waals surface area contributed by atoms with Crippen molar-refractivity contribution in [2.75, 3.05) is 51.8 Å². The first-order chi connectivity index (χ1) is 21.9. The van der Waals surface area contributed by atoms with Crippen LogP contribution in [0.25, 0.3) is 0 Å². The number of rotatable bonds is 11. The van der Waals surface area contributed by atoms with Gasteiger partial charge in [0.25, 0.3) is 0 Å². The number of likely N-dealkylation sites (tertiary alicyclic amines) is 1. The Bertz CT molecular complexity index is 1440. The molecule has 5 aliphatic rings. The van der Waals surface area contributed by atoms with Gasteiger partial charge in [-0.2, -0.15) is 0 Å². The molecule has 12 heteroatoms. The number of urea groups is 1. The second-order valence-electron chi connectivity index (χ2n) is 12.3. The first kappa shape index (κ1) is 31.5. The SMILES string of the molecule is CN(CCO)C(=O)C1CCCN(CC2=CCC(C3=CC4N=CC=C(COc5ccc(NC(=O)NC6CC6)cc5F)C4S3)N=C2)C1. The number of carbonyl (C=O) groups excluding carboxylic acids is 2. The van der Waals surface area contributed by atoms with Gasteiger partial charge in [-0.1, -0.05) is 6.08 Å². The van der Waals surface area contributed by atoms with Crippen LogP contribution in [0.3, 0.4) is 0 Å². The molecule has 1 aromatic rings. The van der Waals surface area contributed by atoms with Crippen LogP contribution >= 0.6 is 11.8 Å². The highest BCUT2D eigenvalue weighted by Gasteiger charge is 2.36. The first-order valence-corrected chi connectivity index (χ1v) is 16.6. The topological polar surface area (TPSA) is 119 Å². The highest BCUT2D eigenvalue weighted by atomic mass is 32.2. The summed E-state index contributed by atoms with van der Waals surface area (Å²) in [6.07, 6.45) is 14.8. The normalized spacial score (nSPS) is 26.0. The van der Waals surface area contributed by atoms with Crippen molar-refractivity contribution in [3.8, 4) is 5.75 Å². The Morgan fingerprint density at radius 2 is 2.11 bits per heavy atom. The number of likely N-dealkylation sites (N-methyl/N-ethyl adjacent to an activating group) is 1. The number of nitrogens with one attached hydrogen (secondary N) is 2. The number of fused-ring (bicyclic) bond motifs is 1. The number of nitrogens with zero attached hydrogens (tertiary/aromatic N) is 4. The zero-order valence-electron chi connectivity index (χ0n) is 25.5. The fourth-order valence-corrected chi connectivity index (χ4v) is 7.52. The van der Waals surface area contributed by atoms with Gasteiger partial charge >= 0.3 is 6.03 Å². The van der Waals surface area contributed by atoms with E-state index in [4.69, 9.17) is 9.73 Å². The van der Waals surface area contributed by atoms with Gasteiger partial charge in [0, 0.05) is 61.8 Å². The largest absolute Gasteiger partial charge is 0.486 e. The van der Waals surface area contributed by atoms with Crippen molar-refractivity contribution >= 4 is 41.8 Å². The summed E-state index contributed by atoms with van der Waals surface area (Å²) >= 11 is 1.75. The van der Waals surface area contributed by atoms with E-state index in [1.54, 1.807) is 42.1 Å². The number of anilines is 1. The third-order valence-corrected chi connectivity index (χ3v) is 10.3. The molecular weight excluding hydrogens is 595 g/mol. The van der Waals surface area contributed by atoms with Crippen LogP contribution in [0.5, 0.6) is 5.75 Å². The third kappa shape index (κ3) is 8.03. The molecule has 10 nitrogen and oxygen atoms in total. The molecule has 3 amide bonds. The zero-order chi connectivity index (χ0) is 31.3. The lowest BCUT2D eigenvalue weighted by atomic mass is 9.95. The number of halogens is 1. The van der Waals surface area contributed by atoms with E-state index < -0.39 is 5.82 Å². The molecule has 4 unspecified atom stereocenters. The fraction of sp³-hybridized carbons (Fsp3) is 0.515. The van der Waals surface area contributed by atoms with E-state index in [9.17, 15) is 19.1 Å². The molecule has 4 aliphatic heterocycles. The van der Waals surface area contributed by atoms with Gasteiger partial charge in [0.1, 0.15) is 6.61 Å². The van der Waals surface area contributed by atoms with Crippen molar-refractivity contribution in [2.45, 2.75) is 55.5 Å². The van der Waals surface area contributed by atoms with Crippen molar-refractivity contribution in [3.63, 3.8) is 0 Å². The Kier molecular flexibility index (Phi) is 10.0. The predicted octanol–water partition coefficient (Wildman–Crippen LogP) is 3.80. The van der Waals surface area contributed by atoms with Gasteiger partial charge in [0.2, 0.25) is 5.91 Å². The summed E-state index contributed by atoms with van der Waals surface area (Å²) in [5.74, 6) is -0.315. The van der Waals surface area contributed by atoms with Gasteiger partial charge in [0.15, 0.2) is 11.6 Å². The summed E-state index contributed by atoms with van der Waals surface area (Å²) in [7, 11) is 1.76. The lowest BCUT2D eigenvalue weighted by molar-refractivity contribution is -0.136. The number of ether oxygens (including phenoxy) is 1. The molecular formula is C33H41FN6O4S. The Labute approximate surface area is 267 Å². The molecule has 6 rings (SSSR count). The molecule has 1 aromatic carbocycles. The van der Waals surface area contributed by atoms with Crippen LogP contribution in [0.4, 0.5) is 14.9 Å². The molecule has 4 heterocycles. The Morgan fingerprint density at radius 3 is 2.87 bits per heavy atom. The highest BCUT2D eigenvalue weighted by molar-refractivity contribution is 8.04. The number of allylic oxidation sites excluding steroid dienone is 1. The summed E-state index contributed by atoms with van der Waals surface area (Å²) in [6.45, 7) is 3.05. The molecule has 1 saturated carbocycles. The second-order valence-corrected chi connectivity index (χ2v) is 13.5. The van der Waals surface area contributed by atoms with Crippen molar-refractivity contribution in [1.29, 1.82) is 0 Å². The molecule has 0 bridgehead atoms. The first-order valence-electron chi connectivity index (χ1n) is 15.8.